The fraction of sp³-hybridized carbons (Fsp3) is 0. The molecule has 0 radical (unpaired) electrons. The van der Waals surface area contributed by atoms with Crippen molar-refractivity contribution in [1.29, 1.82) is 0 Å². The molecule has 0 bridgehead atoms. The number of aldehydes is 1. The Hall–Kier alpha value is -2.20. The molecule has 3 aromatic rings. The Labute approximate surface area is 108 Å². The number of carbonyl (C=O) groups excluding carboxylic acids is 1. The van der Waals surface area contributed by atoms with Crippen LogP contribution in [0, 0.1) is 0 Å². The van der Waals surface area contributed by atoms with Gasteiger partial charge in [0, 0.05) is 11.8 Å². The van der Waals surface area contributed by atoms with Crippen LogP contribution in [0.2, 0.25) is 0 Å². The Morgan fingerprint density at radius 3 is 2.72 bits per heavy atom. The van der Waals surface area contributed by atoms with Crippen molar-refractivity contribution in [2.45, 2.75) is 0 Å². The Bertz CT molecular complexity index is 670. The molecule has 0 N–H and O–H groups in total. The third kappa shape index (κ3) is 1.98. The van der Waals surface area contributed by atoms with Gasteiger partial charge in [0.25, 0.3) is 0 Å². The zero-order valence-electron chi connectivity index (χ0n) is 9.48. The first-order valence-corrected chi connectivity index (χ1v) is 6.39. The maximum atomic E-state index is 10.7. The molecule has 2 aromatic heterocycles. The van der Waals surface area contributed by atoms with Gasteiger partial charge in [0.05, 0.1) is 16.8 Å². The highest BCUT2D eigenvalue weighted by Gasteiger charge is 2.05. The normalized spacial score (nSPS) is 10.4. The van der Waals surface area contributed by atoms with Crippen molar-refractivity contribution in [2.75, 3.05) is 0 Å². The monoisotopic (exact) mass is 254 g/mol. The lowest BCUT2D eigenvalue weighted by molar-refractivity contribution is 0.112. The van der Waals surface area contributed by atoms with Crippen LogP contribution >= 0.6 is 11.3 Å². The van der Waals surface area contributed by atoms with Gasteiger partial charge in [-0.15, -0.1) is 11.3 Å². The molecule has 0 spiro atoms. The topological polar surface area (TPSA) is 34.9 Å². The Balaban J connectivity index is 1.96. The van der Waals surface area contributed by atoms with Crippen molar-refractivity contribution in [3.63, 3.8) is 0 Å². The number of hydrogen-bond acceptors (Lipinski definition) is 3. The van der Waals surface area contributed by atoms with Crippen molar-refractivity contribution < 1.29 is 4.79 Å². The summed E-state index contributed by atoms with van der Waals surface area (Å²) in [5, 5.41) is 6.30. The minimum absolute atomic E-state index is 0.734. The zero-order valence-corrected chi connectivity index (χ0v) is 10.3. The molecule has 1 aromatic carbocycles. The molecule has 18 heavy (non-hydrogen) atoms. The SMILES string of the molecule is O=Cc1cc(-c2cnn(-c3ccccc3)c2)cs1. The lowest BCUT2D eigenvalue weighted by Crippen LogP contribution is -1.92. The Morgan fingerprint density at radius 2 is 2.00 bits per heavy atom. The minimum atomic E-state index is 0.734. The van der Waals surface area contributed by atoms with Crippen LogP contribution in [-0.4, -0.2) is 16.1 Å². The summed E-state index contributed by atoms with van der Waals surface area (Å²) in [6, 6.07) is 11.8. The molecule has 2 heterocycles. The molecule has 0 atom stereocenters. The highest BCUT2D eigenvalue weighted by molar-refractivity contribution is 7.12. The van der Waals surface area contributed by atoms with E-state index in [1.54, 1.807) is 0 Å². The first kappa shape index (κ1) is 10.9. The van der Waals surface area contributed by atoms with Gasteiger partial charge >= 0.3 is 0 Å². The molecule has 0 saturated carbocycles. The molecule has 4 heteroatoms. The molecular weight excluding hydrogens is 244 g/mol. The smallest absolute Gasteiger partial charge is 0.160 e. The average molecular weight is 254 g/mol. The van der Waals surface area contributed by atoms with Gasteiger partial charge in [-0.3, -0.25) is 4.79 Å². The van der Waals surface area contributed by atoms with Crippen LogP contribution in [0.1, 0.15) is 9.67 Å². The van der Waals surface area contributed by atoms with E-state index in [0.29, 0.717) is 0 Å². The van der Waals surface area contributed by atoms with Gasteiger partial charge in [-0.05, 0) is 29.1 Å². The summed E-state index contributed by atoms with van der Waals surface area (Å²) in [6.45, 7) is 0. The second-order valence-corrected chi connectivity index (χ2v) is 4.81. The summed E-state index contributed by atoms with van der Waals surface area (Å²) in [4.78, 5) is 11.4. The van der Waals surface area contributed by atoms with E-state index in [1.807, 2.05) is 58.9 Å². The molecular formula is C14H10N2OS. The second-order valence-electron chi connectivity index (χ2n) is 3.86. The lowest BCUT2D eigenvalue weighted by atomic mass is 10.2. The van der Waals surface area contributed by atoms with Crippen LogP contribution in [-0.2, 0) is 0 Å². The number of thiophene rings is 1. The minimum Gasteiger partial charge on any atom is -0.297 e. The second kappa shape index (κ2) is 4.58. The van der Waals surface area contributed by atoms with Gasteiger partial charge in [-0.1, -0.05) is 18.2 Å². The van der Waals surface area contributed by atoms with E-state index in [1.165, 1.54) is 11.3 Å². The number of aromatic nitrogens is 2. The van der Waals surface area contributed by atoms with Gasteiger partial charge < -0.3 is 0 Å². The third-order valence-corrected chi connectivity index (χ3v) is 3.53. The van der Waals surface area contributed by atoms with Gasteiger partial charge in [-0.25, -0.2) is 4.68 Å². The van der Waals surface area contributed by atoms with E-state index in [-0.39, 0.29) is 0 Å². The van der Waals surface area contributed by atoms with Crippen LogP contribution in [0.5, 0.6) is 0 Å². The maximum absolute atomic E-state index is 10.7. The van der Waals surface area contributed by atoms with Crippen molar-refractivity contribution in [3.05, 3.63) is 59.0 Å². The summed E-state index contributed by atoms with van der Waals surface area (Å²) in [6.07, 6.45) is 4.64. The van der Waals surface area contributed by atoms with Gasteiger partial charge in [0.15, 0.2) is 6.29 Å². The number of hydrogen-bond donors (Lipinski definition) is 0. The van der Waals surface area contributed by atoms with E-state index in [2.05, 4.69) is 5.10 Å². The molecule has 0 amide bonds. The summed E-state index contributed by atoms with van der Waals surface area (Å²) < 4.78 is 1.83. The highest BCUT2D eigenvalue weighted by Crippen LogP contribution is 2.25. The molecule has 0 aliphatic heterocycles. The predicted octanol–water partition coefficient (Wildman–Crippen LogP) is 3.41. The third-order valence-electron chi connectivity index (χ3n) is 2.67. The van der Waals surface area contributed by atoms with E-state index in [0.717, 1.165) is 28.0 Å². The highest BCUT2D eigenvalue weighted by atomic mass is 32.1. The maximum Gasteiger partial charge on any atom is 0.160 e. The van der Waals surface area contributed by atoms with Crippen LogP contribution in [0.15, 0.2) is 54.2 Å². The summed E-state index contributed by atoms with van der Waals surface area (Å²) in [5.74, 6) is 0. The van der Waals surface area contributed by atoms with Crippen molar-refractivity contribution in [1.82, 2.24) is 9.78 Å². The zero-order chi connectivity index (χ0) is 12.4. The predicted molar refractivity (Wildman–Crippen MR) is 72.3 cm³/mol. The molecule has 3 nitrogen and oxygen atoms in total. The summed E-state index contributed by atoms with van der Waals surface area (Å²) in [5.41, 5.74) is 3.07. The first-order chi connectivity index (χ1) is 8.86. The van der Waals surface area contributed by atoms with Crippen LogP contribution in [0.4, 0.5) is 0 Å². The summed E-state index contributed by atoms with van der Waals surface area (Å²) in [7, 11) is 0. The van der Waals surface area contributed by atoms with E-state index in [4.69, 9.17) is 0 Å². The van der Waals surface area contributed by atoms with Gasteiger partial charge in [0.1, 0.15) is 0 Å². The fourth-order valence-electron chi connectivity index (χ4n) is 1.76. The van der Waals surface area contributed by atoms with Gasteiger partial charge in [-0.2, -0.15) is 5.10 Å². The van der Waals surface area contributed by atoms with Crippen LogP contribution in [0.25, 0.3) is 16.8 Å². The van der Waals surface area contributed by atoms with E-state index < -0.39 is 0 Å². The van der Waals surface area contributed by atoms with Crippen molar-refractivity contribution in [2.24, 2.45) is 0 Å². The number of rotatable bonds is 3. The Kier molecular flexibility index (Phi) is 2.78. The molecule has 0 fully saturated rings. The lowest BCUT2D eigenvalue weighted by Gasteiger charge is -1.98. The first-order valence-electron chi connectivity index (χ1n) is 5.51. The summed E-state index contributed by atoms with van der Waals surface area (Å²) >= 11 is 1.44. The molecule has 3 rings (SSSR count). The van der Waals surface area contributed by atoms with Crippen LogP contribution in [0.3, 0.4) is 0 Å². The molecule has 0 aliphatic rings. The molecule has 0 unspecified atom stereocenters. The average Bonchev–Trinajstić information content (AvgIpc) is 3.08. The van der Waals surface area contributed by atoms with Crippen LogP contribution < -0.4 is 0 Å². The molecule has 88 valence electrons. The molecule has 0 aliphatic carbocycles. The quantitative estimate of drug-likeness (QED) is 0.671. The number of carbonyl (C=O) groups is 1. The number of para-hydroxylation sites is 1. The van der Waals surface area contributed by atoms with Gasteiger partial charge in [0.2, 0.25) is 0 Å². The molecule has 0 saturated heterocycles. The number of benzene rings is 1. The Morgan fingerprint density at radius 1 is 1.17 bits per heavy atom. The van der Waals surface area contributed by atoms with Crippen molar-refractivity contribution in [3.8, 4) is 16.8 Å². The number of nitrogens with zero attached hydrogens (tertiary/aromatic N) is 2. The van der Waals surface area contributed by atoms with E-state index >= 15 is 0 Å². The fourth-order valence-corrected chi connectivity index (χ4v) is 2.48. The largest absolute Gasteiger partial charge is 0.297 e. The van der Waals surface area contributed by atoms with Crippen molar-refractivity contribution >= 4 is 17.6 Å². The van der Waals surface area contributed by atoms with E-state index in [9.17, 15) is 4.79 Å². The standard InChI is InChI=1S/C14H10N2OS/c17-9-14-6-11(10-18-14)12-7-15-16(8-12)13-4-2-1-3-5-13/h1-10H.